The number of rotatable bonds is 4. The lowest BCUT2D eigenvalue weighted by Gasteiger charge is -2.34. The zero-order valence-corrected chi connectivity index (χ0v) is 18.3. The molecule has 0 radical (unpaired) electrons. The molecule has 1 heterocycles. The van der Waals surface area contributed by atoms with Gasteiger partial charge < -0.3 is 10.6 Å². The fourth-order valence-corrected chi connectivity index (χ4v) is 4.65. The van der Waals surface area contributed by atoms with Gasteiger partial charge >= 0.3 is 0 Å². The maximum Gasteiger partial charge on any atom is 0.252 e. The number of carbonyl (C=O) groups is 1. The molecule has 1 fully saturated rings. The first-order chi connectivity index (χ1) is 14.4. The van der Waals surface area contributed by atoms with Crippen LogP contribution in [-0.4, -0.2) is 16.9 Å². The first kappa shape index (κ1) is 20.4. The molecule has 3 atom stereocenters. The molecule has 1 aromatic heterocycles. The lowest BCUT2D eigenvalue weighted by atomic mass is 9.78. The highest BCUT2D eigenvalue weighted by Crippen LogP contribution is 2.30. The van der Waals surface area contributed by atoms with Crippen molar-refractivity contribution in [2.75, 3.05) is 5.32 Å². The van der Waals surface area contributed by atoms with Gasteiger partial charge in [-0.1, -0.05) is 51.0 Å². The zero-order chi connectivity index (χ0) is 21.3. The molecule has 4 rings (SSSR count). The molecule has 4 heteroatoms. The summed E-state index contributed by atoms with van der Waals surface area (Å²) in [6.45, 7) is 8.71. The smallest absolute Gasteiger partial charge is 0.252 e. The van der Waals surface area contributed by atoms with Gasteiger partial charge in [0.1, 0.15) is 5.82 Å². The Morgan fingerprint density at radius 2 is 1.73 bits per heavy atom. The van der Waals surface area contributed by atoms with E-state index in [1.54, 1.807) is 0 Å². The van der Waals surface area contributed by atoms with E-state index in [2.05, 4.69) is 56.5 Å². The van der Waals surface area contributed by atoms with Gasteiger partial charge in [-0.25, -0.2) is 4.98 Å². The van der Waals surface area contributed by atoms with E-state index in [4.69, 9.17) is 4.98 Å². The molecule has 1 saturated carbocycles. The monoisotopic (exact) mass is 401 g/mol. The van der Waals surface area contributed by atoms with E-state index in [9.17, 15) is 4.79 Å². The van der Waals surface area contributed by atoms with Crippen LogP contribution in [0.3, 0.4) is 0 Å². The van der Waals surface area contributed by atoms with Gasteiger partial charge in [0, 0.05) is 17.1 Å². The van der Waals surface area contributed by atoms with Crippen LogP contribution in [0.2, 0.25) is 0 Å². The minimum absolute atomic E-state index is 0.0111. The van der Waals surface area contributed by atoms with Gasteiger partial charge in [-0.2, -0.15) is 0 Å². The van der Waals surface area contributed by atoms with Crippen LogP contribution >= 0.6 is 0 Å². The van der Waals surface area contributed by atoms with E-state index < -0.39 is 0 Å². The second-order valence-electron chi connectivity index (χ2n) is 8.92. The minimum atomic E-state index is -0.0111. The van der Waals surface area contributed by atoms with Crippen molar-refractivity contribution in [3.05, 3.63) is 65.2 Å². The highest BCUT2D eigenvalue weighted by molar-refractivity contribution is 6.07. The van der Waals surface area contributed by atoms with Gasteiger partial charge in [-0.3, -0.25) is 4.79 Å². The molecule has 2 aromatic carbocycles. The summed E-state index contributed by atoms with van der Waals surface area (Å²) >= 11 is 0. The van der Waals surface area contributed by atoms with Gasteiger partial charge in [0.05, 0.1) is 11.1 Å². The van der Waals surface area contributed by atoms with Crippen LogP contribution < -0.4 is 10.6 Å². The van der Waals surface area contributed by atoms with Crippen molar-refractivity contribution in [1.29, 1.82) is 0 Å². The van der Waals surface area contributed by atoms with Gasteiger partial charge in [-0.15, -0.1) is 0 Å². The third-order valence-electron chi connectivity index (χ3n) is 6.48. The molecule has 1 aliphatic rings. The summed E-state index contributed by atoms with van der Waals surface area (Å²) in [5.74, 6) is 1.81. The summed E-state index contributed by atoms with van der Waals surface area (Å²) < 4.78 is 0. The van der Waals surface area contributed by atoms with Crippen molar-refractivity contribution in [2.24, 2.45) is 11.8 Å². The van der Waals surface area contributed by atoms with Crippen LogP contribution in [0.4, 0.5) is 11.5 Å². The third kappa shape index (κ3) is 4.33. The normalized spacial score (nSPS) is 21.4. The van der Waals surface area contributed by atoms with E-state index in [0.717, 1.165) is 23.0 Å². The lowest BCUT2D eigenvalue weighted by molar-refractivity contribution is 0.0892. The Balaban J connectivity index is 1.67. The van der Waals surface area contributed by atoms with Crippen molar-refractivity contribution in [3.8, 4) is 0 Å². The van der Waals surface area contributed by atoms with Crippen LogP contribution in [-0.2, 0) is 0 Å². The number of aryl methyl sites for hydroxylation is 2. The highest BCUT2D eigenvalue weighted by Gasteiger charge is 2.29. The number of nitrogens with one attached hydrogen (secondary N) is 2. The maximum absolute atomic E-state index is 13.3. The first-order valence-corrected chi connectivity index (χ1v) is 11.0. The summed E-state index contributed by atoms with van der Waals surface area (Å²) in [4.78, 5) is 18.1. The molecule has 0 spiro atoms. The standard InChI is InChI=1S/C26H31N3O/c1-16-12-17(2)14-20(13-16)27-25-15-22(21-9-5-6-10-24(21)28-25)26(30)29-23-11-7-8-18(3)19(23)4/h5-6,9-10,12-15,18-19,23H,7-8,11H2,1-4H3,(H,27,28)(H,29,30). The number of anilines is 2. The predicted octanol–water partition coefficient (Wildman–Crippen LogP) is 6.15. The average Bonchev–Trinajstić information content (AvgIpc) is 2.70. The topological polar surface area (TPSA) is 54.0 Å². The van der Waals surface area contributed by atoms with Crippen molar-refractivity contribution < 1.29 is 4.79 Å². The van der Waals surface area contributed by atoms with E-state index in [1.165, 1.54) is 24.0 Å². The number of hydrogen-bond donors (Lipinski definition) is 2. The van der Waals surface area contributed by atoms with Gasteiger partial charge in [-0.05, 0) is 67.5 Å². The Morgan fingerprint density at radius 1 is 1.00 bits per heavy atom. The zero-order valence-electron chi connectivity index (χ0n) is 18.3. The summed E-state index contributed by atoms with van der Waals surface area (Å²) in [6.07, 6.45) is 3.47. The Kier molecular flexibility index (Phi) is 5.76. The van der Waals surface area contributed by atoms with Crippen molar-refractivity contribution in [1.82, 2.24) is 10.3 Å². The van der Waals surface area contributed by atoms with Crippen molar-refractivity contribution in [3.63, 3.8) is 0 Å². The van der Waals surface area contributed by atoms with Crippen LogP contribution in [0, 0.1) is 25.7 Å². The Labute approximate surface area is 179 Å². The Bertz CT molecular complexity index is 1050. The fourth-order valence-electron chi connectivity index (χ4n) is 4.65. The molecular formula is C26H31N3O. The van der Waals surface area contributed by atoms with Crippen LogP contribution in [0.5, 0.6) is 0 Å². The first-order valence-electron chi connectivity index (χ1n) is 11.0. The quantitative estimate of drug-likeness (QED) is 0.551. The van der Waals surface area contributed by atoms with E-state index in [1.807, 2.05) is 30.3 Å². The van der Waals surface area contributed by atoms with Crippen molar-refractivity contribution in [2.45, 2.75) is 53.0 Å². The lowest BCUT2D eigenvalue weighted by Crippen LogP contribution is -2.43. The number of hydrogen-bond acceptors (Lipinski definition) is 3. The number of fused-ring (bicyclic) bond motifs is 1. The summed E-state index contributed by atoms with van der Waals surface area (Å²) in [5.41, 5.74) is 4.87. The molecule has 1 amide bonds. The number of para-hydroxylation sites is 1. The summed E-state index contributed by atoms with van der Waals surface area (Å²) in [6, 6.07) is 16.3. The highest BCUT2D eigenvalue weighted by atomic mass is 16.1. The van der Waals surface area contributed by atoms with Gasteiger partial charge in [0.15, 0.2) is 0 Å². The van der Waals surface area contributed by atoms with Gasteiger partial charge in [0.25, 0.3) is 5.91 Å². The number of aromatic nitrogens is 1. The van der Waals surface area contributed by atoms with Crippen molar-refractivity contribution >= 4 is 28.3 Å². The number of amides is 1. The second-order valence-corrected chi connectivity index (χ2v) is 8.92. The van der Waals surface area contributed by atoms with Gasteiger partial charge in [0.2, 0.25) is 0 Å². The molecule has 3 aromatic rings. The largest absolute Gasteiger partial charge is 0.349 e. The van der Waals surface area contributed by atoms with Crippen LogP contribution in [0.25, 0.3) is 10.9 Å². The fraction of sp³-hybridized carbons (Fsp3) is 0.385. The molecule has 156 valence electrons. The molecule has 0 saturated heterocycles. The molecule has 1 aliphatic carbocycles. The summed E-state index contributed by atoms with van der Waals surface area (Å²) in [7, 11) is 0. The van der Waals surface area contributed by atoms with E-state index >= 15 is 0 Å². The molecule has 2 N–H and O–H groups in total. The SMILES string of the molecule is Cc1cc(C)cc(Nc2cc(C(=O)NC3CCCC(C)C3C)c3ccccc3n2)c1. The molecular weight excluding hydrogens is 370 g/mol. The number of benzene rings is 2. The van der Waals surface area contributed by atoms with Crippen LogP contribution in [0.1, 0.15) is 54.6 Å². The van der Waals surface area contributed by atoms with E-state index in [-0.39, 0.29) is 11.9 Å². The molecule has 30 heavy (non-hydrogen) atoms. The average molecular weight is 402 g/mol. The number of carbonyl (C=O) groups excluding carboxylic acids is 1. The van der Waals surface area contributed by atoms with Crippen LogP contribution in [0.15, 0.2) is 48.5 Å². The number of pyridine rings is 1. The Morgan fingerprint density at radius 3 is 2.50 bits per heavy atom. The van der Waals surface area contributed by atoms with E-state index in [0.29, 0.717) is 23.2 Å². The second kappa shape index (κ2) is 8.47. The number of nitrogens with zero attached hydrogens (tertiary/aromatic N) is 1. The molecule has 3 unspecified atom stereocenters. The summed E-state index contributed by atoms with van der Waals surface area (Å²) in [5, 5.41) is 7.61. The molecule has 0 aliphatic heterocycles. The molecule has 0 bridgehead atoms. The third-order valence-corrected chi connectivity index (χ3v) is 6.48. The minimum Gasteiger partial charge on any atom is -0.349 e. The molecule has 4 nitrogen and oxygen atoms in total. The predicted molar refractivity (Wildman–Crippen MR) is 124 cm³/mol. The maximum atomic E-state index is 13.3. The Hall–Kier alpha value is -2.88.